The van der Waals surface area contributed by atoms with Gasteiger partial charge >= 0.3 is 5.69 Å². The fourth-order valence-corrected chi connectivity index (χ4v) is 3.51. The molecule has 1 unspecified atom stereocenters. The quantitative estimate of drug-likeness (QED) is 0.708. The zero-order valence-corrected chi connectivity index (χ0v) is 14.5. The number of para-hydroxylation sites is 1. The summed E-state index contributed by atoms with van der Waals surface area (Å²) < 4.78 is 35.7. The second-order valence-corrected chi connectivity index (χ2v) is 6.67. The summed E-state index contributed by atoms with van der Waals surface area (Å²) in [6, 6.07) is 9.78. The molecular weight excluding hydrogens is 354 g/mol. The van der Waals surface area contributed by atoms with Crippen LogP contribution in [0.3, 0.4) is 0 Å². The molecule has 27 heavy (non-hydrogen) atoms. The van der Waals surface area contributed by atoms with Crippen LogP contribution in [-0.2, 0) is 17.8 Å². The van der Waals surface area contributed by atoms with E-state index in [4.69, 9.17) is 4.74 Å². The maximum atomic E-state index is 14.1. The van der Waals surface area contributed by atoms with Crippen molar-refractivity contribution in [2.45, 2.75) is 32.0 Å². The van der Waals surface area contributed by atoms with Gasteiger partial charge in [-0.3, -0.25) is 13.9 Å². The molecular formula is C20H18F2N2O3. The molecule has 0 saturated carbocycles. The molecule has 1 aromatic heterocycles. The number of ether oxygens (including phenoxy) is 1. The van der Waals surface area contributed by atoms with Crippen molar-refractivity contribution in [1.29, 1.82) is 0 Å². The van der Waals surface area contributed by atoms with Crippen molar-refractivity contribution < 1.29 is 13.5 Å². The highest BCUT2D eigenvalue weighted by Gasteiger charge is 2.21. The Morgan fingerprint density at radius 3 is 2.67 bits per heavy atom. The van der Waals surface area contributed by atoms with Crippen LogP contribution in [0.5, 0.6) is 0 Å². The Morgan fingerprint density at radius 1 is 1.07 bits per heavy atom. The van der Waals surface area contributed by atoms with E-state index >= 15 is 0 Å². The van der Waals surface area contributed by atoms with Gasteiger partial charge in [0.15, 0.2) is 0 Å². The molecule has 0 aliphatic carbocycles. The van der Waals surface area contributed by atoms with Crippen LogP contribution in [0.15, 0.2) is 52.1 Å². The topological polar surface area (TPSA) is 53.2 Å². The van der Waals surface area contributed by atoms with Gasteiger partial charge < -0.3 is 4.74 Å². The number of hydrogen-bond donors (Lipinski definition) is 0. The van der Waals surface area contributed by atoms with E-state index in [1.807, 2.05) is 0 Å². The third kappa shape index (κ3) is 3.30. The van der Waals surface area contributed by atoms with E-state index in [0.717, 1.165) is 35.6 Å². The van der Waals surface area contributed by atoms with Crippen LogP contribution in [-0.4, -0.2) is 21.8 Å². The van der Waals surface area contributed by atoms with E-state index in [1.165, 1.54) is 4.57 Å². The Bertz CT molecular complexity index is 1110. The van der Waals surface area contributed by atoms with Crippen LogP contribution >= 0.6 is 0 Å². The van der Waals surface area contributed by atoms with E-state index in [1.54, 1.807) is 24.3 Å². The molecule has 2 heterocycles. The highest BCUT2D eigenvalue weighted by atomic mass is 19.1. The average molecular weight is 372 g/mol. The van der Waals surface area contributed by atoms with E-state index < -0.39 is 22.9 Å². The number of benzene rings is 2. The number of aromatic nitrogens is 2. The largest absolute Gasteiger partial charge is 0.376 e. The molecule has 0 bridgehead atoms. The predicted molar refractivity (Wildman–Crippen MR) is 96.9 cm³/mol. The number of rotatable bonds is 4. The minimum Gasteiger partial charge on any atom is -0.376 e. The minimum atomic E-state index is -0.607. The molecule has 5 nitrogen and oxygen atoms in total. The van der Waals surface area contributed by atoms with Crippen molar-refractivity contribution in [3.63, 3.8) is 0 Å². The summed E-state index contributed by atoms with van der Waals surface area (Å²) in [5.74, 6) is -1.19. The first-order chi connectivity index (χ1) is 13.0. The fraction of sp³-hybridized carbons (Fsp3) is 0.300. The molecule has 1 aliphatic rings. The van der Waals surface area contributed by atoms with E-state index in [2.05, 4.69) is 0 Å². The zero-order chi connectivity index (χ0) is 19.0. The van der Waals surface area contributed by atoms with Crippen molar-refractivity contribution >= 4 is 10.9 Å². The van der Waals surface area contributed by atoms with Crippen LogP contribution in [0.4, 0.5) is 8.78 Å². The van der Waals surface area contributed by atoms with Gasteiger partial charge in [0.25, 0.3) is 5.56 Å². The lowest BCUT2D eigenvalue weighted by Crippen LogP contribution is -2.42. The second kappa shape index (κ2) is 7.08. The van der Waals surface area contributed by atoms with Gasteiger partial charge in [-0.1, -0.05) is 12.1 Å². The fourth-order valence-electron chi connectivity index (χ4n) is 3.51. The Balaban J connectivity index is 1.89. The van der Waals surface area contributed by atoms with Crippen LogP contribution in [0, 0.1) is 11.6 Å². The molecule has 140 valence electrons. The third-order valence-electron chi connectivity index (χ3n) is 4.88. The molecule has 1 atom stereocenters. The molecule has 1 fully saturated rings. The first-order valence-electron chi connectivity index (χ1n) is 8.82. The summed E-state index contributed by atoms with van der Waals surface area (Å²) in [5.41, 5.74) is -0.524. The van der Waals surface area contributed by atoms with Crippen molar-refractivity contribution in [1.82, 2.24) is 9.13 Å². The van der Waals surface area contributed by atoms with Gasteiger partial charge in [0, 0.05) is 12.2 Å². The number of fused-ring (bicyclic) bond motifs is 1. The Hall–Kier alpha value is -2.80. The van der Waals surface area contributed by atoms with Crippen molar-refractivity contribution in [2.75, 3.05) is 6.61 Å². The molecule has 0 spiro atoms. The Kier molecular flexibility index (Phi) is 4.61. The average Bonchev–Trinajstić information content (AvgIpc) is 3.18. The molecule has 7 heteroatoms. The molecule has 0 radical (unpaired) electrons. The summed E-state index contributed by atoms with van der Waals surface area (Å²) in [6.07, 6.45) is 1.46. The van der Waals surface area contributed by atoms with Crippen LogP contribution in [0.1, 0.15) is 18.4 Å². The summed E-state index contributed by atoms with van der Waals surface area (Å²) >= 11 is 0. The normalized spacial score (nSPS) is 16.9. The monoisotopic (exact) mass is 372 g/mol. The maximum absolute atomic E-state index is 14.1. The Labute approximate surface area is 153 Å². The molecule has 0 N–H and O–H groups in total. The molecule has 1 saturated heterocycles. The summed E-state index contributed by atoms with van der Waals surface area (Å²) in [4.78, 5) is 25.9. The number of nitrogens with zero attached hydrogens (tertiary/aromatic N) is 2. The molecule has 2 aromatic carbocycles. The lowest BCUT2D eigenvalue weighted by atomic mass is 10.1. The van der Waals surface area contributed by atoms with E-state index in [-0.39, 0.29) is 24.8 Å². The van der Waals surface area contributed by atoms with Crippen molar-refractivity contribution in [2.24, 2.45) is 0 Å². The SMILES string of the molecule is O=c1c2ccccc2n(Cc2cc(F)ccc2F)c(=O)n1CC1CCCO1. The minimum absolute atomic E-state index is 0.0459. The molecule has 4 rings (SSSR count). The third-order valence-corrected chi connectivity index (χ3v) is 4.88. The standard InChI is InChI=1S/C20H18F2N2O3/c21-14-7-8-17(22)13(10-14)11-23-18-6-2-1-5-16(18)19(25)24(20(23)26)12-15-4-3-9-27-15/h1-2,5-8,10,15H,3-4,9,11-12H2. The Morgan fingerprint density at radius 2 is 1.89 bits per heavy atom. The van der Waals surface area contributed by atoms with Gasteiger partial charge in [-0.05, 0) is 43.2 Å². The zero-order valence-electron chi connectivity index (χ0n) is 14.5. The molecule has 3 aromatic rings. The maximum Gasteiger partial charge on any atom is 0.331 e. The van der Waals surface area contributed by atoms with E-state index in [9.17, 15) is 18.4 Å². The van der Waals surface area contributed by atoms with Crippen LogP contribution in [0.2, 0.25) is 0 Å². The highest BCUT2D eigenvalue weighted by Crippen LogP contribution is 2.16. The summed E-state index contributed by atoms with van der Waals surface area (Å²) in [6.45, 7) is 0.582. The summed E-state index contributed by atoms with van der Waals surface area (Å²) in [7, 11) is 0. The van der Waals surface area contributed by atoms with Crippen LogP contribution < -0.4 is 11.2 Å². The van der Waals surface area contributed by atoms with Crippen molar-refractivity contribution in [3.05, 3.63) is 80.5 Å². The highest BCUT2D eigenvalue weighted by molar-refractivity contribution is 5.77. The smallest absolute Gasteiger partial charge is 0.331 e. The van der Waals surface area contributed by atoms with Gasteiger partial charge in [-0.25, -0.2) is 13.6 Å². The van der Waals surface area contributed by atoms with Gasteiger partial charge in [-0.15, -0.1) is 0 Å². The number of halogens is 2. The molecule has 0 amide bonds. The summed E-state index contributed by atoms with van der Waals surface area (Å²) in [5, 5.41) is 0.354. The van der Waals surface area contributed by atoms with Crippen LogP contribution in [0.25, 0.3) is 10.9 Å². The van der Waals surface area contributed by atoms with E-state index in [0.29, 0.717) is 17.5 Å². The van der Waals surface area contributed by atoms with Crippen molar-refractivity contribution in [3.8, 4) is 0 Å². The first kappa shape index (κ1) is 17.6. The van der Waals surface area contributed by atoms with Gasteiger partial charge in [-0.2, -0.15) is 0 Å². The van der Waals surface area contributed by atoms with Gasteiger partial charge in [0.1, 0.15) is 11.6 Å². The predicted octanol–water partition coefficient (Wildman–Crippen LogP) is 2.67. The number of hydrogen-bond acceptors (Lipinski definition) is 3. The molecule has 1 aliphatic heterocycles. The lowest BCUT2D eigenvalue weighted by molar-refractivity contribution is 0.0948. The second-order valence-electron chi connectivity index (χ2n) is 6.67. The van der Waals surface area contributed by atoms with Gasteiger partial charge in [0.2, 0.25) is 0 Å². The van der Waals surface area contributed by atoms with Gasteiger partial charge in [0.05, 0.1) is 30.1 Å². The lowest BCUT2D eigenvalue weighted by Gasteiger charge is -2.16. The first-order valence-corrected chi connectivity index (χ1v) is 8.82.